The van der Waals surface area contributed by atoms with E-state index in [4.69, 9.17) is 4.74 Å². The normalized spacial score (nSPS) is 16.7. The standard InChI is InChI=1S/C20H27N3O2/c1-5-25-18-9-7-6-8-16(18)21-20(24)23-13-12-22-15(4)10-11-17(22)19(23)14(2)3/h6-11,14,19H,5,12-13H2,1-4H3,(H,21,24)/t19-/m1/s1. The van der Waals surface area contributed by atoms with Crippen LogP contribution in [0.1, 0.15) is 38.2 Å². The molecule has 0 bridgehead atoms. The van der Waals surface area contributed by atoms with Crippen LogP contribution < -0.4 is 10.1 Å². The van der Waals surface area contributed by atoms with E-state index in [1.165, 1.54) is 11.4 Å². The van der Waals surface area contributed by atoms with Crippen molar-refractivity contribution >= 4 is 11.7 Å². The molecule has 2 aromatic rings. The topological polar surface area (TPSA) is 46.5 Å². The number of hydrogen-bond donors (Lipinski definition) is 1. The van der Waals surface area contributed by atoms with E-state index < -0.39 is 0 Å². The molecule has 2 heterocycles. The predicted octanol–water partition coefficient (Wildman–Crippen LogP) is 4.44. The Morgan fingerprint density at radius 3 is 2.72 bits per heavy atom. The molecule has 5 nitrogen and oxygen atoms in total. The van der Waals surface area contributed by atoms with Gasteiger partial charge in [-0.15, -0.1) is 0 Å². The summed E-state index contributed by atoms with van der Waals surface area (Å²) in [6.45, 7) is 10.5. The van der Waals surface area contributed by atoms with Gasteiger partial charge < -0.3 is 19.5 Å². The third-order valence-electron chi connectivity index (χ3n) is 4.76. The van der Waals surface area contributed by atoms with Gasteiger partial charge in [-0.05, 0) is 44.0 Å². The Morgan fingerprint density at radius 2 is 2.00 bits per heavy atom. The maximum absolute atomic E-state index is 13.0. The van der Waals surface area contributed by atoms with E-state index in [0.29, 0.717) is 30.5 Å². The average Bonchev–Trinajstić information content (AvgIpc) is 2.97. The number of carbonyl (C=O) groups is 1. The van der Waals surface area contributed by atoms with Crippen LogP contribution in [0.15, 0.2) is 36.4 Å². The van der Waals surface area contributed by atoms with E-state index in [-0.39, 0.29) is 12.1 Å². The molecule has 25 heavy (non-hydrogen) atoms. The van der Waals surface area contributed by atoms with Gasteiger partial charge in [0.2, 0.25) is 0 Å². The maximum Gasteiger partial charge on any atom is 0.322 e. The number of hydrogen-bond acceptors (Lipinski definition) is 2. The molecular formula is C20H27N3O2. The molecule has 0 saturated carbocycles. The molecule has 1 aromatic carbocycles. The number of rotatable bonds is 4. The molecule has 1 aliphatic rings. The van der Waals surface area contributed by atoms with Crippen LogP contribution in [-0.4, -0.2) is 28.6 Å². The molecule has 1 N–H and O–H groups in total. The molecule has 0 radical (unpaired) electrons. The van der Waals surface area contributed by atoms with E-state index in [1.807, 2.05) is 36.1 Å². The van der Waals surface area contributed by atoms with Crippen molar-refractivity contribution in [3.05, 3.63) is 47.8 Å². The summed E-state index contributed by atoms with van der Waals surface area (Å²) in [5.41, 5.74) is 3.18. The SMILES string of the molecule is CCOc1ccccc1NC(=O)N1CCn2c(C)ccc2[C@H]1C(C)C. The van der Waals surface area contributed by atoms with Gasteiger partial charge >= 0.3 is 6.03 Å². The highest BCUT2D eigenvalue weighted by molar-refractivity contribution is 5.91. The number of ether oxygens (including phenoxy) is 1. The van der Waals surface area contributed by atoms with Crippen LogP contribution in [0.25, 0.3) is 0 Å². The maximum atomic E-state index is 13.0. The van der Waals surface area contributed by atoms with Gasteiger partial charge in [0.1, 0.15) is 5.75 Å². The van der Waals surface area contributed by atoms with Crippen molar-refractivity contribution in [2.75, 3.05) is 18.5 Å². The van der Waals surface area contributed by atoms with Gasteiger partial charge in [0, 0.05) is 24.5 Å². The van der Waals surface area contributed by atoms with Gasteiger partial charge in [-0.1, -0.05) is 26.0 Å². The van der Waals surface area contributed by atoms with Gasteiger partial charge in [0.15, 0.2) is 0 Å². The summed E-state index contributed by atoms with van der Waals surface area (Å²) >= 11 is 0. The van der Waals surface area contributed by atoms with Crippen LogP contribution in [0.5, 0.6) is 5.75 Å². The Labute approximate surface area is 149 Å². The lowest BCUT2D eigenvalue weighted by Gasteiger charge is -2.39. The molecule has 0 fully saturated rings. The molecule has 0 unspecified atom stereocenters. The fourth-order valence-corrected chi connectivity index (χ4v) is 3.63. The molecule has 1 aliphatic heterocycles. The second-order valence-electron chi connectivity index (χ2n) is 6.79. The van der Waals surface area contributed by atoms with Crippen LogP contribution in [0.2, 0.25) is 0 Å². The van der Waals surface area contributed by atoms with Gasteiger partial charge in [-0.2, -0.15) is 0 Å². The number of benzene rings is 1. The van der Waals surface area contributed by atoms with Gasteiger partial charge in [-0.3, -0.25) is 0 Å². The van der Waals surface area contributed by atoms with Crippen molar-refractivity contribution in [2.24, 2.45) is 5.92 Å². The van der Waals surface area contributed by atoms with E-state index in [9.17, 15) is 4.79 Å². The zero-order chi connectivity index (χ0) is 18.0. The Kier molecular flexibility index (Phi) is 5.02. The van der Waals surface area contributed by atoms with Crippen LogP contribution in [0.3, 0.4) is 0 Å². The summed E-state index contributed by atoms with van der Waals surface area (Å²) in [6, 6.07) is 11.9. The number of carbonyl (C=O) groups excluding carboxylic acids is 1. The minimum Gasteiger partial charge on any atom is -0.492 e. The molecule has 0 aliphatic carbocycles. The zero-order valence-electron chi connectivity index (χ0n) is 15.5. The predicted molar refractivity (Wildman–Crippen MR) is 100 cm³/mol. The second kappa shape index (κ2) is 7.21. The first-order chi connectivity index (χ1) is 12.0. The zero-order valence-corrected chi connectivity index (χ0v) is 15.5. The highest BCUT2D eigenvalue weighted by atomic mass is 16.5. The summed E-state index contributed by atoms with van der Waals surface area (Å²) in [5, 5.41) is 3.04. The molecule has 3 rings (SSSR count). The van der Waals surface area contributed by atoms with E-state index in [1.54, 1.807) is 0 Å². The number of aryl methyl sites for hydroxylation is 1. The Bertz CT molecular complexity index is 751. The van der Waals surface area contributed by atoms with Gasteiger partial charge in [-0.25, -0.2) is 4.79 Å². The van der Waals surface area contributed by atoms with E-state index in [2.05, 4.69) is 42.8 Å². The Morgan fingerprint density at radius 1 is 1.24 bits per heavy atom. The smallest absolute Gasteiger partial charge is 0.322 e. The monoisotopic (exact) mass is 341 g/mol. The number of amides is 2. The molecule has 0 spiro atoms. The average molecular weight is 341 g/mol. The fraction of sp³-hybridized carbons (Fsp3) is 0.450. The van der Waals surface area contributed by atoms with Crippen molar-refractivity contribution < 1.29 is 9.53 Å². The molecular weight excluding hydrogens is 314 g/mol. The summed E-state index contributed by atoms with van der Waals surface area (Å²) in [7, 11) is 0. The van der Waals surface area contributed by atoms with Crippen LogP contribution in [0, 0.1) is 12.8 Å². The van der Waals surface area contributed by atoms with Crippen molar-refractivity contribution in [1.82, 2.24) is 9.47 Å². The Hall–Kier alpha value is -2.43. The van der Waals surface area contributed by atoms with Crippen molar-refractivity contribution in [1.29, 1.82) is 0 Å². The number of fused-ring (bicyclic) bond motifs is 1. The van der Waals surface area contributed by atoms with Crippen LogP contribution in [0.4, 0.5) is 10.5 Å². The largest absolute Gasteiger partial charge is 0.492 e. The third kappa shape index (κ3) is 3.36. The minimum absolute atomic E-state index is 0.0710. The summed E-state index contributed by atoms with van der Waals surface area (Å²) in [5.74, 6) is 1.04. The van der Waals surface area contributed by atoms with Crippen molar-refractivity contribution in [2.45, 2.75) is 40.3 Å². The summed E-state index contributed by atoms with van der Waals surface area (Å²) in [4.78, 5) is 15.0. The highest BCUT2D eigenvalue weighted by Gasteiger charge is 2.33. The fourth-order valence-electron chi connectivity index (χ4n) is 3.63. The first kappa shape index (κ1) is 17.4. The number of anilines is 1. The van der Waals surface area contributed by atoms with Crippen molar-refractivity contribution in [3.8, 4) is 5.75 Å². The Balaban J connectivity index is 1.85. The first-order valence-electron chi connectivity index (χ1n) is 8.98. The quantitative estimate of drug-likeness (QED) is 0.893. The van der Waals surface area contributed by atoms with Crippen LogP contribution >= 0.6 is 0 Å². The number of nitrogens with zero attached hydrogens (tertiary/aromatic N) is 2. The molecule has 0 saturated heterocycles. The highest BCUT2D eigenvalue weighted by Crippen LogP contribution is 2.34. The lowest BCUT2D eigenvalue weighted by Crippen LogP contribution is -2.46. The van der Waals surface area contributed by atoms with Gasteiger partial charge in [0.25, 0.3) is 0 Å². The molecule has 5 heteroatoms. The molecule has 134 valence electrons. The summed E-state index contributed by atoms with van der Waals surface area (Å²) < 4.78 is 7.94. The second-order valence-corrected chi connectivity index (χ2v) is 6.79. The lowest BCUT2D eigenvalue weighted by molar-refractivity contribution is 0.143. The lowest BCUT2D eigenvalue weighted by atomic mass is 9.97. The molecule has 1 atom stereocenters. The van der Waals surface area contributed by atoms with E-state index >= 15 is 0 Å². The van der Waals surface area contributed by atoms with Gasteiger partial charge in [0.05, 0.1) is 18.3 Å². The number of urea groups is 1. The summed E-state index contributed by atoms with van der Waals surface area (Å²) in [6.07, 6.45) is 0. The molecule has 1 aromatic heterocycles. The third-order valence-corrected chi connectivity index (χ3v) is 4.76. The number of aromatic nitrogens is 1. The number of nitrogens with one attached hydrogen (secondary N) is 1. The number of para-hydroxylation sites is 2. The van der Waals surface area contributed by atoms with Crippen molar-refractivity contribution in [3.63, 3.8) is 0 Å². The van der Waals surface area contributed by atoms with Crippen LogP contribution in [-0.2, 0) is 6.54 Å². The minimum atomic E-state index is -0.0732. The van der Waals surface area contributed by atoms with E-state index in [0.717, 1.165) is 6.54 Å². The first-order valence-corrected chi connectivity index (χ1v) is 8.98. The molecule has 2 amide bonds.